The van der Waals surface area contributed by atoms with Crippen molar-refractivity contribution >= 4 is 29.1 Å². The monoisotopic (exact) mass is 325 g/mol. The molecule has 1 atom stereocenters. The van der Waals surface area contributed by atoms with Crippen molar-refractivity contribution < 1.29 is 14.7 Å². The molecule has 1 aliphatic heterocycles. The van der Waals surface area contributed by atoms with Gasteiger partial charge in [-0.05, 0) is 37.1 Å². The zero-order valence-corrected chi connectivity index (χ0v) is 13.4. The molecular weight excluding hydrogens is 306 g/mol. The lowest BCUT2D eigenvalue weighted by Crippen LogP contribution is -2.24. The highest BCUT2D eigenvalue weighted by molar-refractivity contribution is 5.91. The van der Waals surface area contributed by atoms with E-state index in [2.05, 4.69) is 34.3 Å². The fourth-order valence-corrected chi connectivity index (χ4v) is 2.99. The summed E-state index contributed by atoms with van der Waals surface area (Å²) < 4.78 is 0. The van der Waals surface area contributed by atoms with Gasteiger partial charge in [0, 0.05) is 18.2 Å². The lowest BCUT2D eigenvalue weighted by Gasteiger charge is -2.24. The SMILES string of the molecule is CC1Cc2ccccc2N1c1ccc(NC(=O)CCC(=O)O)nc1. The van der Waals surface area contributed by atoms with E-state index in [1.807, 2.05) is 18.2 Å². The Bertz CT molecular complexity index is 758. The number of carboxylic acid groups (broad SMARTS) is 1. The number of hydrogen-bond donors (Lipinski definition) is 2. The topological polar surface area (TPSA) is 82.5 Å². The van der Waals surface area contributed by atoms with E-state index in [0.717, 1.165) is 12.1 Å². The summed E-state index contributed by atoms with van der Waals surface area (Å²) in [6.45, 7) is 2.17. The van der Waals surface area contributed by atoms with E-state index in [0.29, 0.717) is 11.9 Å². The lowest BCUT2D eigenvalue weighted by molar-refractivity contribution is -0.138. The molecule has 24 heavy (non-hydrogen) atoms. The Morgan fingerprint density at radius 2 is 2.04 bits per heavy atom. The predicted octanol–water partition coefficient (Wildman–Crippen LogP) is 2.97. The van der Waals surface area contributed by atoms with Gasteiger partial charge in [0.2, 0.25) is 5.91 Å². The number of aliphatic carboxylic acids is 1. The quantitative estimate of drug-likeness (QED) is 0.883. The number of aromatic nitrogens is 1. The molecule has 2 heterocycles. The second kappa shape index (κ2) is 6.70. The van der Waals surface area contributed by atoms with Crippen molar-refractivity contribution in [3.05, 3.63) is 48.2 Å². The highest BCUT2D eigenvalue weighted by atomic mass is 16.4. The van der Waals surface area contributed by atoms with Crippen molar-refractivity contribution in [2.75, 3.05) is 10.2 Å². The van der Waals surface area contributed by atoms with Crippen LogP contribution in [0, 0.1) is 0 Å². The third-order valence-corrected chi connectivity index (χ3v) is 4.07. The van der Waals surface area contributed by atoms with Crippen LogP contribution in [0.3, 0.4) is 0 Å². The molecule has 0 aliphatic carbocycles. The number of rotatable bonds is 5. The first-order valence-electron chi connectivity index (χ1n) is 7.89. The maximum absolute atomic E-state index is 11.6. The van der Waals surface area contributed by atoms with Crippen molar-refractivity contribution in [3.8, 4) is 0 Å². The van der Waals surface area contributed by atoms with E-state index in [1.165, 1.54) is 11.3 Å². The molecule has 1 aliphatic rings. The van der Waals surface area contributed by atoms with Crippen LogP contribution in [0.15, 0.2) is 42.6 Å². The number of carboxylic acids is 1. The normalized spacial score (nSPS) is 15.9. The van der Waals surface area contributed by atoms with Crippen LogP contribution >= 0.6 is 0 Å². The number of hydrogen-bond acceptors (Lipinski definition) is 4. The van der Waals surface area contributed by atoms with Crippen LogP contribution in [0.1, 0.15) is 25.3 Å². The fourth-order valence-electron chi connectivity index (χ4n) is 2.99. The average molecular weight is 325 g/mol. The van der Waals surface area contributed by atoms with Gasteiger partial charge < -0.3 is 15.3 Å². The highest BCUT2D eigenvalue weighted by Gasteiger charge is 2.26. The van der Waals surface area contributed by atoms with Gasteiger partial charge in [0.15, 0.2) is 0 Å². The molecule has 0 bridgehead atoms. The van der Waals surface area contributed by atoms with Gasteiger partial charge in [-0.1, -0.05) is 18.2 Å². The number of para-hydroxylation sites is 1. The number of fused-ring (bicyclic) bond motifs is 1. The molecule has 6 heteroatoms. The maximum Gasteiger partial charge on any atom is 0.303 e. The van der Waals surface area contributed by atoms with Crippen molar-refractivity contribution in [2.24, 2.45) is 0 Å². The Hall–Kier alpha value is -2.89. The molecule has 0 saturated heterocycles. The van der Waals surface area contributed by atoms with E-state index < -0.39 is 5.97 Å². The molecule has 1 amide bonds. The van der Waals surface area contributed by atoms with Gasteiger partial charge in [-0.3, -0.25) is 9.59 Å². The van der Waals surface area contributed by atoms with Gasteiger partial charge in [0.05, 0.1) is 18.3 Å². The number of nitrogens with one attached hydrogen (secondary N) is 1. The molecule has 2 aromatic rings. The van der Waals surface area contributed by atoms with Crippen LogP contribution in [-0.4, -0.2) is 28.0 Å². The smallest absolute Gasteiger partial charge is 0.303 e. The third kappa shape index (κ3) is 3.37. The molecule has 3 rings (SSSR count). The van der Waals surface area contributed by atoms with Crippen molar-refractivity contribution in [2.45, 2.75) is 32.2 Å². The van der Waals surface area contributed by atoms with E-state index in [1.54, 1.807) is 12.3 Å². The molecule has 2 N–H and O–H groups in total. The van der Waals surface area contributed by atoms with Crippen molar-refractivity contribution in [1.29, 1.82) is 0 Å². The number of pyridine rings is 1. The lowest BCUT2D eigenvalue weighted by atomic mass is 10.1. The zero-order chi connectivity index (χ0) is 17.1. The van der Waals surface area contributed by atoms with E-state index in [4.69, 9.17) is 5.11 Å². The minimum Gasteiger partial charge on any atom is -0.481 e. The Morgan fingerprint density at radius 3 is 2.75 bits per heavy atom. The summed E-state index contributed by atoms with van der Waals surface area (Å²) in [5.74, 6) is -0.915. The Kier molecular flexibility index (Phi) is 4.46. The molecule has 1 aromatic heterocycles. The van der Waals surface area contributed by atoms with Gasteiger partial charge in [-0.15, -0.1) is 0 Å². The number of amides is 1. The summed E-state index contributed by atoms with van der Waals surface area (Å²) in [5, 5.41) is 11.2. The minimum atomic E-state index is -0.991. The molecule has 0 saturated carbocycles. The number of carbonyl (C=O) groups excluding carboxylic acids is 1. The van der Waals surface area contributed by atoms with Crippen molar-refractivity contribution in [3.63, 3.8) is 0 Å². The summed E-state index contributed by atoms with van der Waals surface area (Å²) in [6, 6.07) is 12.3. The summed E-state index contributed by atoms with van der Waals surface area (Å²) >= 11 is 0. The van der Waals surface area contributed by atoms with Crippen molar-refractivity contribution in [1.82, 2.24) is 4.98 Å². The molecule has 0 fully saturated rings. The Balaban J connectivity index is 1.71. The van der Waals surface area contributed by atoms with Crippen LogP contribution < -0.4 is 10.2 Å². The number of carbonyl (C=O) groups is 2. The molecule has 124 valence electrons. The Labute approximate surface area is 140 Å². The standard InChI is InChI=1S/C18H19N3O3/c1-12-10-13-4-2-3-5-15(13)21(12)14-6-7-16(19-11-14)20-17(22)8-9-18(23)24/h2-7,11-12H,8-10H2,1H3,(H,23,24)(H,19,20,22). The van der Waals surface area contributed by atoms with Crippen LogP contribution in [0.5, 0.6) is 0 Å². The molecule has 1 aromatic carbocycles. The number of benzene rings is 1. The summed E-state index contributed by atoms with van der Waals surface area (Å²) in [5.41, 5.74) is 3.47. The number of anilines is 3. The first-order chi connectivity index (χ1) is 11.5. The predicted molar refractivity (Wildman–Crippen MR) is 91.5 cm³/mol. The van der Waals surface area contributed by atoms with Gasteiger partial charge in [0.1, 0.15) is 5.82 Å². The van der Waals surface area contributed by atoms with E-state index in [9.17, 15) is 9.59 Å². The second-order valence-electron chi connectivity index (χ2n) is 5.90. The zero-order valence-electron chi connectivity index (χ0n) is 13.4. The second-order valence-corrected chi connectivity index (χ2v) is 5.90. The number of nitrogens with zero attached hydrogens (tertiary/aromatic N) is 2. The summed E-state index contributed by atoms with van der Waals surface area (Å²) in [4.78, 5) is 28.6. The third-order valence-electron chi connectivity index (χ3n) is 4.07. The van der Waals surface area contributed by atoms with Gasteiger partial charge in [-0.25, -0.2) is 4.98 Å². The van der Waals surface area contributed by atoms with Crippen LogP contribution in [0.25, 0.3) is 0 Å². The molecule has 0 spiro atoms. The maximum atomic E-state index is 11.6. The van der Waals surface area contributed by atoms with Gasteiger partial charge in [0.25, 0.3) is 0 Å². The first kappa shape index (κ1) is 16.0. The minimum absolute atomic E-state index is 0.0602. The molecule has 0 radical (unpaired) electrons. The van der Waals surface area contributed by atoms with E-state index in [-0.39, 0.29) is 18.7 Å². The van der Waals surface area contributed by atoms with Gasteiger partial charge in [-0.2, -0.15) is 0 Å². The first-order valence-corrected chi connectivity index (χ1v) is 7.89. The fraction of sp³-hybridized carbons (Fsp3) is 0.278. The average Bonchev–Trinajstić information content (AvgIpc) is 2.89. The molecule has 6 nitrogen and oxygen atoms in total. The van der Waals surface area contributed by atoms with Crippen LogP contribution in [0.4, 0.5) is 17.2 Å². The largest absolute Gasteiger partial charge is 0.481 e. The Morgan fingerprint density at radius 1 is 1.25 bits per heavy atom. The van der Waals surface area contributed by atoms with Crippen LogP contribution in [-0.2, 0) is 16.0 Å². The molecule has 1 unspecified atom stereocenters. The molecular formula is C18H19N3O3. The highest BCUT2D eigenvalue weighted by Crippen LogP contribution is 2.37. The van der Waals surface area contributed by atoms with Crippen LogP contribution in [0.2, 0.25) is 0 Å². The summed E-state index contributed by atoms with van der Waals surface area (Å²) in [7, 11) is 0. The summed E-state index contributed by atoms with van der Waals surface area (Å²) in [6.07, 6.45) is 2.47. The van der Waals surface area contributed by atoms with Gasteiger partial charge >= 0.3 is 5.97 Å². The van der Waals surface area contributed by atoms with E-state index >= 15 is 0 Å².